The van der Waals surface area contributed by atoms with Crippen molar-refractivity contribution >= 4 is 0 Å². The molecule has 0 spiro atoms. The Hall–Kier alpha value is -0.320. The van der Waals surface area contributed by atoms with Crippen LogP contribution in [0.2, 0.25) is 0 Å². The second-order valence-electron chi connectivity index (χ2n) is 6.07. The molecule has 0 amide bonds. The minimum absolute atomic E-state index is 0.181. The summed E-state index contributed by atoms with van der Waals surface area (Å²) >= 11 is 0. The molecule has 2 aliphatic rings. The lowest BCUT2D eigenvalue weighted by Crippen LogP contribution is -2.42. The van der Waals surface area contributed by atoms with Crippen LogP contribution in [0.3, 0.4) is 0 Å². The predicted octanol–water partition coefficient (Wildman–Crippen LogP) is 0.664. The van der Waals surface area contributed by atoms with Crippen molar-refractivity contribution in [3.63, 3.8) is 0 Å². The van der Waals surface area contributed by atoms with E-state index in [0.29, 0.717) is 92.5 Å². The normalized spacial score (nSPS) is 30.5. The molecule has 2 rings (SSSR count). The molecule has 8 heteroatoms. The SMILES string of the molecule is C1COCCOCCOCCOC2CCC2OCCOCCOCCO1. The molecule has 1 saturated carbocycles. The maximum atomic E-state index is 5.80. The zero-order valence-electron chi connectivity index (χ0n) is 15.7. The molecule has 1 saturated heterocycles. The first kappa shape index (κ1) is 22.0. The van der Waals surface area contributed by atoms with Gasteiger partial charge in [0.05, 0.1) is 105 Å². The molecule has 2 fully saturated rings. The van der Waals surface area contributed by atoms with Crippen molar-refractivity contribution in [1.82, 2.24) is 0 Å². The summed E-state index contributed by atoms with van der Waals surface area (Å²) in [6, 6.07) is 0. The van der Waals surface area contributed by atoms with Crippen molar-refractivity contribution < 1.29 is 37.9 Å². The van der Waals surface area contributed by atoms with Crippen molar-refractivity contribution in [3.05, 3.63) is 0 Å². The molecular weight excluding hydrogens is 344 g/mol. The third-order valence-corrected chi connectivity index (χ3v) is 4.13. The number of hydrogen-bond acceptors (Lipinski definition) is 8. The van der Waals surface area contributed by atoms with E-state index in [0.717, 1.165) is 12.8 Å². The average Bonchev–Trinajstić information content (AvgIpc) is 2.63. The topological polar surface area (TPSA) is 73.8 Å². The van der Waals surface area contributed by atoms with Gasteiger partial charge in [-0.2, -0.15) is 0 Å². The summed E-state index contributed by atoms with van der Waals surface area (Å²) in [5.74, 6) is 0. The van der Waals surface area contributed by atoms with Gasteiger partial charge in [-0.05, 0) is 12.8 Å². The molecule has 0 N–H and O–H groups in total. The van der Waals surface area contributed by atoms with E-state index in [1.807, 2.05) is 0 Å². The summed E-state index contributed by atoms with van der Waals surface area (Å²) in [6.07, 6.45) is 2.46. The van der Waals surface area contributed by atoms with Crippen molar-refractivity contribution in [2.24, 2.45) is 0 Å². The predicted molar refractivity (Wildman–Crippen MR) is 93.6 cm³/mol. The molecule has 2 atom stereocenters. The second-order valence-corrected chi connectivity index (χ2v) is 6.07. The summed E-state index contributed by atoms with van der Waals surface area (Å²) in [5.41, 5.74) is 0. The van der Waals surface area contributed by atoms with Gasteiger partial charge in [-0.15, -0.1) is 0 Å². The Kier molecular flexibility index (Phi) is 13.3. The van der Waals surface area contributed by atoms with Gasteiger partial charge in [0.15, 0.2) is 0 Å². The van der Waals surface area contributed by atoms with Gasteiger partial charge in [-0.25, -0.2) is 0 Å². The van der Waals surface area contributed by atoms with Crippen molar-refractivity contribution in [3.8, 4) is 0 Å². The highest BCUT2D eigenvalue weighted by atomic mass is 16.6. The van der Waals surface area contributed by atoms with Crippen molar-refractivity contribution in [2.75, 3.05) is 92.5 Å². The van der Waals surface area contributed by atoms with Crippen LogP contribution in [-0.4, -0.2) is 105 Å². The molecule has 2 unspecified atom stereocenters. The number of hydrogen-bond donors (Lipinski definition) is 0. The Morgan fingerprint density at radius 3 is 0.769 bits per heavy atom. The van der Waals surface area contributed by atoms with Gasteiger partial charge in [-0.3, -0.25) is 0 Å². The zero-order valence-corrected chi connectivity index (χ0v) is 15.7. The molecule has 8 nitrogen and oxygen atoms in total. The number of rotatable bonds is 0. The van der Waals surface area contributed by atoms with Crippen molar-refractivity contribution in [2.45, 2.75) is 25.0 Å². The largest absolute Gasteiger partial charge is 0.377 e. The molecule has 1 aliphatic carbocycles. The van der Waals surface area contributed by atoms with Gasteiger partial charge in [0.2, 0.25) is 0 Å². The molecule has 1 heterocycles. The fourth-order valence-corrected chi connectivity index (χ4v) is 2.54. The highest BCUT2D eigenvalue weighted by Crippen LogP contribution is 2.26. The van der Waals surface area contributed by atoms with Crippen LogP contribution in [0.4, 0.5) is 0 Å². The average molecular weight is 378 g/mol. The Morgan fingerprint density at radius 1 is 0.308 bits per heavy atom. The van der Waals surface area contributed by atoms with Gasteiger partial charge < -0.3 is 37.9 Å². The molecule has 1 aliphatic heterocycles. The van der Waals surface area contributed by atoms with E-state index < -0.39 is 0 Å². The van der Waals surface area contributed by atoms with Crippen LogP contribution in [0.1, 0.15) is 12.8 Å². The van der Waals surface area contributed by atoms with Gasteiger partial charge in [0.1, 0.15) is 0 Å². The third-order valence-electron chi connectivity index (χ3n) is 4.13. The first-order valence-corrected chi connectivity index (χ1v) is 9.66. The van der Waals surface area contributed by atoms with E-state index in [1.165, 1.54) is 0 Å². The van der Waals surface area contributed by atoms with E-state index in [-0.39, 0.29) is 12.2 Å². The fraction of sp³-hybridized carbons (Fsp3) is 1.00. The van der Waals surface area contributed by atoms with Crippen LogP contribution >= 0.6 is 0 Å². The molecule has 26 heavy (non-hydrogen) atoms. The summed E-state index contributed by atoms with van der Waals surface area (Å²) in [4.78, 5) is 0. The van der Waals surface area contributed by atoms with Crippen LogP contribution < -0.4 is 0 Å². The Labute approximate surface area is 156 Å². The maximum Gasteiger partial charge on any atom is 0.0838 e. The smallest absolute Gasteiger partial charge is 0.0838 e. The highest BCUT2D eigenvalue weighted by molar-refractivity contribution is 4.82. The standard InChI is InChI=1S/C18H34O8/c1-2-18-17(1)25-15-13-23-11-9-21-7-5-19-3-4-20-6-8-22-10-12-24-14-16-26-18/h17-18H,1-16H2. The number of ether oxygens (including phenoxy) is 8. The maximum absolute atomic E-state index is 5.80. The second kappa shape index (κ2) is 15.7. The summed E-state index contributed by atoms with van der Waals surface area (Å²) < 4.78 is 44.3. The van der Waals surface area contributed by atoms with E-state index >= 15 is 0 Å². The molecule has 0 aromatic heterocycles. The summed E-state index contributed by atoms with van der Waals surface area (Å²) in [7, 11) is 0. The highest BCUT2D eigenvalue weighted by Gasteiger charge is 2.32. The quantitative estimate of drug-likeness (QED) is 0.609. The molecule has 154 valence electrons. The monoisotopic (exact) mass is 378 g/mol. The zero-order chi connectivity index (χ0) is 18.1. The van der Waals surface area contributed by atoms with Crippen LogP contribution in [0.25, 0.3) is 0 Å². The fourth-order valence-electron chi connectivity index (χ4n) is 2.54. The molecule has 0 radical (unpaired) electrons. The Morgan fingerprint density at radius 2 is 0.538 bits per heavy atom. The van der Waals surface area contributed by atoms with E-state index in [2.05, 4.69) is 0 Å². The van der Waals surface area contributed by atoms with Crippen LogP contribution in [0.5, 0.6) is 0 Å². The molecular formula is C18H34O8. The van der Waals surface area contributed by atoms with Crippen molar-refractivity contribution in [1.29, 1.82) is 0 Å². The summed E-state index contributed by atoms with van der Waals surface area (Å²) in [6.45, 7) is 7.92. The van der Waals surface area contributed by atoms with Crippen LogP contribution in [0, 0.1) is 0 Å². The minimum atomic E-state index is 0.181. The van der Waals surface area contributed by atoms with E-state index in [9.17, 15) is 0 Å². The third kappa shape index (κ3) is 10.7. The van der Waals surface area contributed by atoms with Gasteiger partial charge in [0.25, 0.3) is 0 Å². The minimum Gasteiger partial charge on any atom is -0.377 e. The van der Waals surface area contributed by atoms with Gasteiger partial charge in [-0.1, -0.05) is 0 Å². The van der Waals surface area contributed by atoms with Crippen LogP contribution in [-0.2, 0) is 37.9 Å². The molecule has 0 aromatic rings. The Balaban J connectivity index is 1.54. The Bertz CT molecular complexity index is 288. The first-order valence-electron chi connectivity index (χ1n) is 9.66. The lowest BCUT2D eigenvalue weighted by Gasteiger charge is -2.36. The lowest BCUT2D eigenvalue weighted by molar-refractivity contribution is -0.142. The van der Waals surface area contributed by atoms with Gasteiger partial charge in [0, 0.05) is 0 Å². The van der Waals surface area contributed by atoms with Crippen LogP contribution in [0.15, 0.2) is 0 Å². The number of fused-ring (bicyclic) bond motifs is 1. The first-order chi connectivity index (χ1) is 13.0. The van der Waals surface area contributed by atoms with Gasteiger partial charge >= 0.3 is 0 Å². The van der Waals surface area contributed by atoms with E-state index in [1.54, 1.807) is 0 Å². The van der Waals surface area contributed by atoms with E-state index in [4.69, 9.17) is 37.9 Å². The molecule has 0 bridgehead atoms. The summed E-state index contributed by atoms with van der Waals surface area (Å²) in [5, 5.41) is 0. The lowest BCUT2D eigenvalue weighted by atomic mass is 9.92. The molecule has 0 aromatic carbocycles.